The number of hydrogen-bond donors (Lipinski definition) is 1. The van der Waals surface area contributed by atoms with E-state index in [2.05, 4.69) is 30.7 Å². The maximum Gasteiger partial charge on any atom is 0.0248 e. The van der Waals surface area contributed by atoms with Gasteiger partial charge in [0, 0.05) is 11.0 Å². The van der Waals surface area contributed by atoms with Crippen LogP contribution in [0.3, 0.4) is 0 Å². The van der Waals surface area contributed by atoms with Crippen molar-refractivity contribution in [1.82, 2.24) is 0 Å². The van der Waals surface area contributed by atoms with Crippen LogP contribution in [0, 0.1) is 0 Å². The van der Waals surface area contributed by atoms with Gasteiger partial charge in [-0.3, -0.25) is 0 Å². The first-order valence-electron chi connectivity index (χ1n) is 4.38. The van der Waals surface area contributed by atoms with E-state index in [0.29, 0.717) is 0 Å². The minimum absolute atomic E-state index is 0.0775. The molecule has 0 amide bonds. The monoisotopic (exact) mass is 181 g/mol. The molecule has 66 valence electrons. The van der Waals surface area contributed by atoms with Crippen LogP contribution in [-0.2, 0) is 5.41 Å². The van der Waals surface area contributed by atoms with Gasteiger partial charge in [0.15, 0.2) is 0 Å². The van der Waals surface area contributed by atoms with Gasteiger partial charge in [-0.05, 0) is 35.2 Å². The summed E-state index contributed by atoms with van der Waals surface area (Å²) in [6.07, 6.45) is 2.35. The third kappa shape index (κ3) is 1.02. The van der Waals surface area contributed by atoms with Gasteiger partial charge in [-0.1, -0.05) is 13.8 Å². The van der Waals surface area contributed by atoms with E-state index < -0.39 is 0 Å². The molecule has 0 radical (unpaired) electrons. The second-order valence-electron chi connectivity index (χ2n) is 4.29. The SMILES string of the molecule is CC(C)(c1ccsc1)C1(N)CC1. The predicted octanol–water partition coefficient (Wildman–Crippen LogP) is 2.52. The zero-order valence-corrected chi connectivity index (χ0v) is 8.45. The number of thiophene rings is 1. The fourth-order valence-electron chi connectivity index (χ4n) is 1.67. The summed E-state index contributed by atoms with van der Waals surface area (Å²) in [6, 6.07) is 2.19. The molecule has 1 aliphatic rings. The maximum absolute atomic E-state index is 6.22. The Balaban J connectivity index is 2.33. The van der Waals surface area contributed by atoms with Gasteiger partial charge in [0.2, 0.25) is 0 Å². The second kappa shape index (κ2) is 2.33. The van der Waals surface area contributed by atoms with Gasteiger partial charge in [-0.15, -0.1) is 0 Å². The van der Waals surface area contributed by atoms with Crippen molar-refractivity contribution in [3.63, 3.8) is 0 Å². The van der Waals surface area contributed by atoms with Crippen molar-refractivity contribution in [2.75, 3.05) is 0 Å². The largest absolute Gasteiger partial charge is 0.324 e. The highest BCUT2D eigenvalue weighted by molar-refractivity contribution is 7.08. The summed E-state index contributed by atoms with van der Waals surface area (Å²) in [4.78, 5) is 0. The summed E-state index contributed by atoms with van der Waals surface area (Å²) in [5.41, 5.74) is 7.85. The lowest BCUT2D eigenvalue weighted by molar-refractivity contribution is 0.392. The molecule has 1 aliphatic carbocycles. The summed E-state index contributed by atoms with van der Waals surface area (Å²) >= 11 is 1.75. The lowest BCUT2D eigenvalue weighted by atomic mass is 9.77. The van der Waals surface area contributed by atoms with Crippen LogP contribution in [0.15, 0.2) is 16.8 Å². The molecule has 0 spiro atoms. The third-order valence-corrected chi connectivity index (χ3v) is 3.96. The Kier molecular flexibility index (Phi) is 1.61. The molecule has 0 bridgehead atoms. The molecular formula is C10H15NS. The van der Waals surface area contributed by atoms with E-state index in [-0.39, 0.29) is 11.0 Å². The zero-order chi connectivity index (χ0) is 8.82. The summed E-state index contributed by atoms with van der Waals surface area (Å²) in [7, 11) is 0. The van der Waals surface area contributed by atoms with Crippen molar-refractivity contribution in [2.24, 2.45) is 5.73 Å². The molecule has 0 aromatic carbocycles. The molecule has 2 rings (SSSR count). The molecule has 0 atom stereocenters. The van der Waals surface area contributed by atoms with E-state index in [1.54, 1.807) is 11.3 Å². The van der Waals surface area contributed by atoms with Crippen LogP contribution in [0.4, 0.5) is 0 Å². The molecular weight excluding hydrogens is 166 g/mol. The van der Waals surface area contributed by atoms with Crippen molar-refractivity contribution < 1.29 is 0 Å². The van der Waals surface area contributed by atoms with E-state index in [0.717, 1.165) is 0 Å². The van der Waals surface area contributed by atoms with Gasteiger partial charge in [-0.25, -0.2) is 0 Å². The molecule has 0 unspecified atom stereocenters. The van der Waals surface area contributed by atoms with Crippen molar-refractivity contribution in [2.45, 2.75) is 37.6 Å². The minimum atomic E-state index is 0.0775. The molecule has 1 fully saturated rings. The molecule has 1 aromatic heterocycles. The average molecular weight is 181 g/mol. The third-order valence-electron chi connectivity index (χ3n) is 3.28. The van der Waals surface area contributed by atoms with Crippen molar-refractivity contribution >= 4 is 11.3 Å². The highest BCUT2D eigenvalue weighted by Crippen LogP contribution is 2.49. The van der Waals surface area contributed by atoms with Crippen molar-refractivity contribution in [3.8, 4) is 0 Å². The van der Waals surface area contributed by atoms with Crippen LogP contribution in [0.2, 0.25) is 0 Å². The van der Waals surface area contributed by atoms with Crippen molar-refractivity contribution in [3.05, 3.63) is 22.4 Å². The van der Waals surface area contributed by atoms with Crippen LogP contribution in [0.1, 0.15) is 32.3 Å². The smallest absolute Gasteiger partial charge is 0.0248 e. The Morgan fingerprint density at radius 2 is 2.17 bits per heavy atom. The molecule has 2 N–H and O–H groups in total. The molecule has 0 aliphatic heterocycles. The lowest BCUT2D eigenvalue weighted by Crippen LogP contribution is -2.42. The van der Waals surface area contributed by atoms with E-state index in [1.807, 2.05) is 0 Å². The predicted molar refractivity (Wildman–Crippen MR) is 53.5 cm³/mol. The standard InChI is InChI=1S/C10H15NS/c1-9(2,10(11)4-5-10)8-3-6-12-7-8/h3,6-7H,4-5,11H2,1-2H3. The molecule has 1 aromatic rings. The van der Waals surface area contributed by atoms with E-state index in [9.17, 15) is 0 Å². The van der Waals surface area contributed by atoms with Gasteiger partial charge in [0.05, 0.1) is 0 Å². The Hall–Kier alpha value is -0.340. The maximum atomic E-state index is 6.22. The minimum Gasteiger partial charge on any atom is -0.324 e. The quantitative estimate of drug-likeness (QED) is 0.745. The summed E-state index contributed by atoms with van der Waals surface area (Å²) < 4.78 is 0. The summed E-state index contributed by atoms with van der Waals surface area (Å²) in [5.74, 6) is 0. The first-order valence-corrected chi connectivity index (χ1v) is 5.32. The number of rotatable bonds is 2. The molecule has 12 heavy (non-hydrogen) atoms. The van der Waals surface area contributed by atoms with Crippen molar-refractivity contribution in [1.29, 1.82) is 0 Å². The topological polar surface area (TPSA) is 26.0 Å². The Morgan fingerprint density at radius 3 is 2.58 bits per heavy atom. The summed E-state index contributed by atoms with van der Waals surface area (Å²) in [6.45, 7) is 4.50. The van der Waals surface area contributed by atoms with Gasteiger partial charge in [0.1, 0.15) is 0 Å². The fraction of sp³-hybridized carbons (Fsp3) is 0.600. The summed E-state index contributed by atoms with van der Waals surface area (Å²) in [5, 5.41) is 4.34. The van der Waals surface area contributed by atoms with Crippen LogP contribution in [-0.4, -0.2) is 5.54 Å². The fourth-order valence-corrected chi connectivity index (χ4v) is 2.49. The van der Waals surface area contributed by atoms with Gasteiger partial charge in [-0.2, -0.15) is 11.3 Å². The lowest BCUT2D eigenvalue weighted by Gasteiger charge is -2.31. The highest BCUT2D eigenvalue weighted by atomic mass is 32.1. The van der Waals surface area contributed by atoms with E-state index >= 15 is 0 Å². The van der Waals surface area contributed by atoms with Crippen LogP contribution in [0.25, 0.3) is 0 Å². The van der Waals surface area contributed by atoms with Gasteiger partial charge < -0.3 is 5.73 Å². The van der Waals surface area contributed by atoms with Gasteiger partial charge in [0.25, 0.3) is 0 Å². The van der Waals surface area contributed by atoms with E-state index in [4.69, 9.17) is 5.73 Å². The first-order chi connectivity index (χ1) is 5.56. The molecule has 0 saturated heterocycles. The second-order valence-corrected chi connectivity index (χ2v) is 5.07. The molecule has 1 nitrogen and oxygen atoms in total. The Labute approximate surface area is 77.6 Å². The first kappa shape index (κ1) is 8.27. The molecule has 2 heteroatoms. The Morgan fingerprint density at radius 1 is 1.50 bits per heavy atom. The zero-order valence-electron chi connectivity index (χ0n) is 7.63. The number of nitrogens with two attached hydrogens (primary N) is 1. The van der Waals surface area contributed by atoms with E-state index in [1.165, 1.54) is 18.4 Å². The molecule has 1 heterocycles. The van der Waals surface area contributed by atoms with Crippen LogP contribution >= 0.6 is 11.3 Å². The average Bonchev–Trinajstić information content (AvgIpc) is 2.59. The van der Waals surface area contributed by atoms with Crippen LogP contribution in [0.5, 0.6) is 0 Å². The van der Waals surface area contributed by atoms with Crippen LogP contribution < -0.4 is 5.73 Å². The highest BCUT2D eigenvalue weighted by Gasteiger charge is 2.51. The Bertz CT molecular complexity index is 270. The normalized spacial score (nSPS) is 20.9. The van der Waals surface area contributed by atoms with Gasteiger partial charge >= 0.3 is 0 Å². The number of hydrogen-bond acceptors (Lipinski definition) is 2. The molecule has 1 saturated carbocycles.